The van der Waals surface area contributed by atoms with Gasteiger partial charge in [-0.3, -0.25) is 19.8 Å². The zero-order chi connectivity index (χ0) is 21.2. The number of alkyl halides is 3. The number of methoxy groups -OCH3 is 1. The van der Waals surface area contributed by atoms with E-state index in [1.54, 1.807) is 17.4 Å². The minimum Gasteiger partial charge on any atom is -0.497 e. The van der Waals surface area contributed by atoms with Crippen molar-refractivity contribution in [2.24, 2.45) is 5.92 Å². The second-order valence-electron chi connectivity index (χ2n) is 7.24. The van der Waals surface area contributed by atoms with Gasteiger partial charge in [-0.2, -0.15) is 13.2 Å². The first kappa shape index (κ1) is 20.9. The number of amides is 4. The van der Waals surface area contributed by atoms with Crippen molar-refractivity contribution < 1.29 is 32.3 Å². The Kier molecular flexibility index (Phi) is 5.72. The van der Waals surface area contributed by atoms with Crippen molar-refractivity contribution in [3.8, 4) is 5.75 Å². The van der Waals surface area contributed by atoms with Crippen molar-refractivity contribution in [1.82, 2.24) is 15.5 Å². The molecule has 2 fully saturated rings. The van der Waals surface area contributed by atoms with E-state index in [1.165, 1.54) is 19.2 Å². The number of nitrogens with one attached hydrogen (secondary N) is 2. The first-order valence-electron chi connectivity index (χ1n) is 9.34. The molecule has 1 saturated carbocycles. The Bertz CT molecular complexity index is 791. The monoisotopic (exact) mass is 413 g/mol. The first-order chi connectivity index (χ1) is 13.7. The maximum absolute atomic E-state index is 13.9. The summed E-state index contributed by atoms with van der Waals surface area (Å²) in [5.41, 5.74) is -3.02. The lowest BCUT2D eigenvalue weighted by atomic mass is 9.88. The quantitative estimate of drug-likeness (QED) is 0.727. The second kappa shape index (κ2) is 7.92. The summed E-state index contributed by atoms with van der Waals surface area (Å²) in [6.45, 7) is -0.369. The van der Waals surface area contributed by atoms with Crippen molar-refractivity contribution in [1.29, 1.82) is 0 Å². The van der Waals surface area contributed by atoms with E-state index < -0.39 is 35.6 Å². The van der Waals surface area contributed by atoms with Crippen LogP contribution in [0.1, 0.15) is 37.7 Å². The van der Waals surface area contributed by atoms with Crippen LogP contribution in [0.2, 0.25) is 0 Å². The van der Waals surface area contributed by atoms with E-state index in [0.717, 1.165) is 19.3 Å². The maximum atomic E-state index is 13.9. The van der Waals surface area contributed by atoms with Crippen LogP contribution in [0, 0.1) is 5.92 Å². The number of rotatable bonds is 5. The summed E-state index contributed by atoms with van der Waals surface area (Å²) in [5.74, 6) is -2.50. The molecule has 0 aromatic heterocycles. The number of nitrogens with zero attached hydrogens (tertiary/aromatic N) is 1. The first-order valence-corrected chi connectivity index (χ1v) is 9.34. The summed E-state index contributed by atoms with van der Waals surface area (Å²) in [6.07, 6.45) is -1.89. The third kappa shape index (κ3) is 4.01. The number of carbonyl (C=O) groups excluding carboxylic acids is 3. The van der Waals surface area contributed by atoms with Gasteiger partial charge in [0.25, 0.3) is 11.6 Å². The Morgan fingerprint density at radius 2 is 1.83 bits per heavy atom. The highest BCUT2D eigenvalue weighted by Gasteiger charge is 2.68. The molecule has 3 rings (SSSR count). The van der Waals surface area contributed by atoms with Crippen LogP contribution < -0.4 is 15.4 Å². The van der Waals surface area contributed by atoms with E-state index >= 15 is 0 Å². The molecular formula is C19H22F3N3O4. The summed E-state index contributed by atoms with van der Waals surface area (Å²) >= 11 is 0. The number of carbonyl (C=O) groups is 3. The summed E-state index contributed by atoms with van der Waals surface area (Å²) in [7, 11) is 1.46. The lowest BCUT2D eigenvalue weighted by molar-refractivity contribution is -0.205. The number of imide groups is 1. The molecule has 1 unspecified atom stereocenters. The number of ether oxygens (including phenoxy) is 1. The van der Waals surface area contributed by atoms with Gasteiger partial charge in [-0.15, -0.1) is 0 Å². The number of hydrogen-bond donors (Lipinski definition) is 2. The highest BCUT2D eigenvalue weighted by molar-refractivity contribution is 6.09. The van der Waals surface area contributed by atoms with Crippen molar-refractivity contribution in [3.05, 3.63) is 29.8 Å². The Labute approximate surface area is 165 Å². The van der Waals surface area contributed by atoms with E-state index in [-0.39, 0.29) is 6.54 Å². The molecule has 1 heterocycles. The van der Waals surface area contributed by atoms with E-state index in [2.05, 4.69) is 0 Å². The van der Waals surface area contributed by atoms with Crippen LogP contribution in [-0.4, -0.2) is 41.7 Å². The van der Waals surface area contributed by atoms with Gasteiger partial charge < -0.3 is 10.1 Å². The van der Waals surface area contributed by atoms with E-state index in [1.807, 2.05) is 5.32 Å². The standard InChI is InChI=1S/C19H22F3N3O4/c1-29-14-9-7-12(8-10-14)11-25-16(27)18(19(20,21)22,24-17(25)28)23-15(26)13-5-3-2-4-6-13/h7-10,13H,2-6,11H2,1H3,(H,23,26)(H,24,28). The summed E-state index contributed by atoms with van der Waals surface area (Å²) in [4.78, 5) is 37.9. The zero-order valence-corrected chi connectivity index (χ0v) is 15.8. The van der Waals surface area contributed by atoms with Crippen molar-refractivity contribution in [2.45, 2.75) is 50.5 Å². The molecule has 1 aromatic rings. The predicted octanol–water partition coefficient (Wildman–Crippen LogP) is 2.70. The average molecular weight is 413 g/mol. The molecule has 4 amide bonds. The Morgan fingerprint density at radius 1 is 1.21 bits per heavy atom. The molecule has 0 radical (unpaired) electrons. The molecule has 1 atom stereocenters. The predicted molar refractivity (Wildman–Crippen MR) is 95.6 cm³/mol. The van der Waals surface area contributed by atoms with Gasteiger partial charge >= 0.3 is 12.2 Å². The van der Waals surface area contributed by atoms with Crippen LogP contribution in [0.3, 0.4) is 0 Å². The van der Waals surface area contributed by atoms with E-state index in [4.69, 9.17) is 4.74 Å². The maximum Gasteiger partial charge on any atom is 0.440 e. The van der Waals surface area contributed by atoms with Gasteiger partial charge in [-0.05, 0) is 30.5 Å². The fourth-order valence-corrected chi connectivity index (χ4v) is 3.63. The van der Waals surface area contributed by atoms with E-state index in [0.29, 0.717) is 29.1 Å². The van der Waals surface area contributed by atoms with Gasteiger partial charge in [0.15, 0.2) is 0 Å². The van der Waals surface area contributed by atoms with Crippen LogP contribution in [0.5, 0.6) is 5.75 Å². The van der Waals surface area contributed by atoms with Crippen molar-refractivity contribution in [2.75, 3.05) is 7.11 Å². The molecule has 1 aliphatic heterocycles. The lowest BCUT2D eigenvalue weighted by Gasteiger charge is -2.32. The molecule has 2 aliphatic rings. The molecule has 1 saturated heterocycles. The third-order valence-corrected chi connectivity index (χ3v) is 5.32. The molecule has 158 valence electrons. The van der Waals surface area contributed by atoms with Gasteiger partial charge in [0.05, 0.1) is 13.7 Å². The molecule has 2 N–H and O–H groups in total. The smallest absolute Gasteiger partial charge is 0.440 e. The molecule has 10 heteroatoms. The molecule has 1 aliphatic carbocycles. The lowest BCUT2D eigenvalue weighted by Crippen LogP contribution is -2.70. The third-order valence-electron chi connectivity index (χ3n) is 5.32. The SMILES string of the molecule is COc1ccc(CN2C(=O)NC(NC(=O)C3CCCCC3)(C(F)(F)F)C2=O)cc1. The minimum atomic E-state index is -5.20. The number of halogens is 3. The largest absolute Gasteiger partial charge is 0.497 e. The number of hydrogen-bond acceptors (Lipinski definition) is 4. The minimum absolute atomic E-state index is 0.369. The average Bonchev–Trinajstić information content (AvgIpc) is 2.94. The van der Waals surface area contributed by atoms with Gasteiger partial charge in [0.2, 0.25) is 5.91 Å². The number of benzene rings is 1. The van der Waals surface area contributed by atoms with Crippen molar-refractivity contribution in [3.63, 3.8) is 0 Å². The second-order valence-corrected chi connectivity index (χ2v) is 7.24. The van der Waals surface area contributed by atoms with Crippen molar-refractivity contribution >= 4 is 17.8 Å². The zero-order valence-electron chi connectivity index (χ0n) is 15.8. The summed E-state index contributed by atoms with van der Waals surface area (Å²) in [5, 5.41) is 3.48. The van der Waals surface area contributed by atoms with Gasteiger partial charge in [0.1, 0.15) is 5.75 Å². The molecule has 0 spiro atoms. The molecule has 0 bridgehead atoms. The summed E-state index contributed by atoms with van der Waals surface area (Å²) in [6, 6.07) is 4.99. The van der Waals surface area contributed by atoms with Crippen LogP contribution in [0.25, 0.3) is 0 Å². The summed E-state index contributed by atoms with van der Waals surface area (Å²) < 4.78 is 46.7. The van der Waals surface area contributed by atoms with Gasteiger partial charge in [0, 0.05) is 5.92 Å². The fraction of sp³-hybridized carbons (Fsp3) is 0.526. The van der Waals surface area contributed by atoms with Gasteiger partial charge in [-0.25, -0.2) is 4.79 Å². The van der Waals surface area contributed by atoms with Crippen LogP contribution in [-0.2, 0) is 16.1 Å². The highest BCUT2D eigenvalue weighted by atomic mass is 19.4. The molecule has 29 heavy (non-hydrogen) atoms. The Hall–Kier alpha value is -2.78. The van der Waals surface area contributed by atoms with Gasteiger partial charge in [-0.1, -0.05) is 31.4 Å². The van der Waals surface area contributed by atoms with Crippen LogP contribution in [0.4, 0.5) is 18.0 Å². The molecule has 7 nitrogen and oxygen atoms in total. The topological polar surface area (TPSA) is 87.7 Å². The molecular weight excluding hydrogens is 391 g/mol. The Morgan fingerprint density at radius 3 is 2.38 bits per heavy atom. The van der Waals surface area contributed by atoms with Crippen LogP contribution in [0.15, 0.2) is 24.3 Å². The number of urea groups is 1. The normalized spacial score (nSPS) is 23.1. The van der Waals surface area contributed by atoms with E-state index in [9.17, 15) is 27.6 Å². The molecule has 1 aromatic carbocycles. The van der Waals surface area contributed by atoms with Crippen LogP contribution >= 0.6 is 0 Å². The fourth-order valence-electron chi connectivity index (χ4n) is 3.63. The highest BCUT2D eigenvalue weighted by Crippen LogP contribution is 2.35. The Balaban J connectivity index is 1.82.